The van der Waals surface area contributed by atoms with Crippen LogP contribution in [0.25, 0.3) is 16.6 Å². The van der Waals surface area contributed by atoms with Crippen molar-refractivity contribution in [3.8, 4) is 17.2 Å². The normalized spacial score (nSPS) is 20.5. The van der Waals surface area contributed by atoms with E-state index in [9.17, 15) is 10.1 Å². The van der Waals surface area contributed by atoms with E-state index in [0.29, 0.717) is 37.8 Å². The Balaban J connectivity index is 1.37. The quantitative estimate of drug-likeness (QED) is 0.578. The molecule has 2 aliphatic heterocycles. The molecule has 0 bridgehead atoms. The number of nitrogens with zero attached hydrogens (tertiary/aromatic N) is 6. The third-order valence-electron chi connectivity index (χ3n) is 6.56. The highest BCUT2D eigenvalue weighted by Gasteiger charge is 2.27. The van der Waals surface area contributed by atoms with E-state index in [2.05, 4.69) is 39.9 Å². The average Bonchev–Trinajstić information content (AvgIpc) is 3.48. The number of hydrazine groups is 1. The zero-order valence-electron chi connectivity index (χ0n) is 21.2. The van der Waals surface area contributed by atoms with Gasteiger partial charge in [0.2, 0.25) is 0 Å². The largest absolute Gasteiger partial charge is 0.444 e. The molecule has 2 unspecified atom stereocenters. The number of fused-ring (bicyclic) bond motifs is 1. The number of piperazine rings is 1. The molecule has 5 heterocycles. The SMILES string of the molecule is CC1CC(c2cc(-c3ccc(N4CCN(C(=O)OC(C)(C)C)CC4)nc3)c3c(C#N)cnn3c2)NN1. The highest BCUT2D eigenvalue weighted by Crippen LogP contribution is 2.32. The van der Waals surface area contributed by atoms with E-state index in [-0.39, 0.29) is 12.1 Å². The third-order valence-corrected chi connectivity index (χ3v) is 6.56. The first-order valence-electron chi connectivity index (χ1n) is 12.3. The lowest BCUT2D eigenvalue weighted by Crippen LogP contribution is -2.50. The number of hydrogen-bond acceptors (Lipinski definition) is 8. The number of aromatic nitrogens is 3. The molecule has 0 radical (unpaired) electrons. The molecule has 0 aromatic carbocycles. The maximum Gasteiger partial charge on any atom is 0.410 e. The van der Waals surface area contributed by atoms with Crippen LogP contribution in [0.1, 0.15) is 51.3 Å². The summed E-state index contributed by atoms with van der Waals surface area (Å²) >= 11 is 0. The first-order chi connectivity index (χ1) is 17.2. The summed E-state index contributed by atoms with van der Waals surface area (Å²) in [7, 11) is 0. The van der Waals surface area contributed by atoms with E-state index < -0.39 is 5.60 Å². The molecule has 2 atom stereocenters. The summed E-state index contributed by atoms with van der Waals surface area (Å²) in [5.74, 6) is 0.860. The Hall–Kier alpha value is -3.68. The fourth-order valence-electron chi connectivity index (χ4n) is 4.75. The summed E-state index contributed by atoms with van der Waals surface area (Å²) < 4.78 is 7.29. The smallest absolute Gasteiger partial charge is 0.410 e. The highest BCUT2D eigenvalue weighted by atomic mass is 16.6. The van der Waals surface area contributed by atoms with Gasteiger partial charge < -0.3 is 14.5 Å². The number of anilines is 1. The molecule has 3 aromatic heterocycles. The van der Waals surface area contributed by atoms with Gasteiger partial charge in [-0.15, -0.1) is 0 Å². The summed E-state index contributed by atoms with van der Waals surface area (Å²) in [6.45, 7) is 10.3. The molecule has 1 amide bonds. The first kappa shape index (κ1) is 24.0. The van der Waals surface area contributed by atoms with E-state index in [0.717, 1.165) is 34.4 Å². The van der Waals surface area contributed by atoms with Gasteiger partial charge in [-0.1, -0.05) is 0 Å². The van der Waals surface area contributed by atoms with Crippen LogP contribution in [0.3, 0.4) is 0 Å². The molecule has 2 saturated heterocycles. The lowest BCUT2D eigenvalue weighted by Gasteiger charge is -2.36. The van der Waals surface area contributed by atoms with Crippen LogP contribution < -0.4 is 15.8 Å². The van der Waals surface area contributed by atoms with Gasteiger partial charge in [0, 0.05) is 61.8 Å². The van der Waals surface area contributed by atoms with E-state index in [4.69, 9.17) is 9.72 Å². The van der Waals surface area contributed by atoms with Gasteiger partial charge in [-0.05, 0) is 57.9 Å². The fourth-order valence-corrected chi connectivity index (χ4v) is 4.75. The first-order valence-corrected chi connectivity index (χ1v) is 12.3. The van der Waals surface area contributed by atoms with Crippen LogP contribution >= 0.6 is 0 Å². The van der Waals surface area contributed by atoms with Crippen molar-refractivity contribution < 1.29 is 9.53 Å². The standard InChI is InChI=1S/C26H32N8O2/c1-17-11-22(31-30-17)19-12-21(24-20(13-27)15-29-34(24)16-19)18-5-6-23(28-14-18)32-7-9-33(10-8-32)25(35)36-26(2,3)4/h5-6,12,14-17,22,30-31H,7-11H2,1-4H3. The van der Waals surface area contributed by atoms with E-state index in [1.807, 2.05) is 45.3 Å². The number of carbonyl (C=O) groups excluding carboxylic acids is 1. The Morgan fingerprint density at radius 2 is 1.94 bits per heavy atom. The van der Waals surface area contributed by atoms with Gasteiger partial charge in [0.05, 0.1) is 17.3 Å². The average molecular weight is 489 g/mol. The Kier molecular flexibility index (Phi) is 6.28. The number of amides is 1. The van der Waals surface area contributed by atoms with Gasteiger partial charge in [-0.2, -0.15) is 10.4 Å². The minimum Gasteiger partial charge on any atom is -0.444 e. The number of nitrogens with one attached hydrogen (secondary N) is 2. The van der Waals surface area contributed by atoms with Gasteiger partial charge >= 0.3 is 6.09 Å². The Labute approximate surface area is 210 Å². The predicted molar refractivity (Wildman–Crippen MR) is 136 cm³/mol. The lowest BCUT2D eigenvalue weighted by molar-refractivity contribution is 0.0240. The van der Waals surface area contributed by atoms with Gasteiger partial charge in [-0.3, -0.25) is 5.43 Å². The van der Waals surface area contributed by atoms with Crippen molar-refractivity contribution >= 4 is 17.4 Å². The van der Waals surface area contributed by atoms with Crippen LogP contribution in [0.4, 0.5) is 10.6 Å². The van der Waals surface area contributed by atoms with E-state index in [1.54, 1.807) is 15.6 Å². The summed E-state index contributed by atoms with van der Waals surface area (Å²) in [4.78, 5) is 21.0. The third kappa shape index (κ3) is 4.85. The predicted octanol–water partition coefficient (Wildman–Crippen LogP) is 3.25. The van der Waals surface area contributed by atoms with Gasteiger partial charge in [0.25, 0.3) is 0 Å². The Morgan fingerprint density at radius 3 is 2.56 bits per heavy atom. The van der Waals surface area contributed by atoms with E-state index in [1.165, 1.54) is 0 Å². The van der Waals surface area contributed by atoms with E-state index >= 15 is 0 Å². The maximum atomic E-state index is 12.4. The Morgan fingerprint density at radius 1 is 1.17 bits per heavy atom. The fraction of sp³-hybridized carbons (Fsp3) is 0.462. The minimum absolute atomic E-state index is 0.159. The molecule has 188 valence electrons. The van der Waals surface area contributed by atoms with Crippen molar-refractivity contribution in [2.45, 2.75) is 51.8 Å². The summed E-state index contributed by atoms with van der Waals surface area (Å²) in [6, 6.07) is 8.97. The Bertz CT molecular complexity index is 1300. The molecule has 10 nitrogen and oxygen atoms in total. The number of ether oxygens (including phenoxy) is 1. The van der Waals surface area contributed by atoms with Crippen LogP contribution in [-0.4, -0.2) is 63.4 Å². The van der Waals surface area contributed by atoms with Crippen molar-refractivity contribution in [2.24, 2.45) is 0 Å². The monoisotopic (exact) mass is 488 g/mol. The van der Waals surface area contributed by atoms with Crippen molar-refractivity contribution in [1.82, 2.24) is 30.3 Å². The molecule has 0 aliphatic carbocycles. The number of nitriles is 1. The van der Waals surface area contributed by atoms with Crippen LogP contribution in [0, 0.1) is 11.3 Å². The van der Waals surface area contributed by atoms with Gasteiger partial charge in [0.15, 0.2) is 0 Å². The van der Waals surface area contributed by atoms with Crippen molar-refractivity contribution in [3.63, 3.8) is 0 Å². The highest BCUT2D eigenvalue weighted by molar-refractivity contribution is 5.84. The molecule has 10 heteroatoms. The van der Waals surface area contributed by atoms with Gasteiger partial charge in [0.1, 0.15) is 17.5 Å². The second-order valence-corrected chi connectivity index (χ2v) is 10.5. The molecule has 0 saturated carbocycles. The van der Waals surface area contributed by atoms with Crippen LogP contribution in [0.2, 0.25) is 0 Å². The van der Waals surface area contributed by atoms with Crippen molar-refractivity contribution in [2.75, 3.05) is 31.1 Å². The number of rotatable bonds is 3. The molecule has 3 aromatic rings. The molecular formula is C26H32N8O2. The summed E-state index contributed by atoms with van der Waals surface area (Å²) in [6.07, 6.45) is 6.14. The number of hydrogen-bond donors (Lipinski definition) is 2. The summed E-state index contributed by atoms with van der Waals surface area (Å²) in [5, 5.41) is 14.1. The molecule has 5 rings (SSSR count). The van der Waals surface area contributed by atoms with Crippen LogP contribution in [-0.2, 0) is 4.74 Å². The lowest BCUT2D eigenvalue weighted by atomic mass is 9.98. The second-order valence-electron chi connectivity index (χ2n) is 10.5. The molecule has 0 spiro atoms. The zero-order valence-corrected chi connectivity index (χ0v) is 21.2. The molecule has 2 fully saturated rings. The second kappa shape index (κ2) is 9.41. The summed E-state index contributed by atoms with van der Waals surface area (Å²) in [5.41, 5.74) is 10.4. The number of carbonyl (C=O) groups is 1. The topological polar surface area (TPSA) is 111 Å². The zero-order chi connectivity index (χ0) is 25.4. The van der Waals surface area contributed by atoms with Crippen LogP contribution in [0.15, 0.2) is 36.8 Å². The van der Waals surface area contributed by atoms with Crippen molar-refractivity contribution in [3.05, 3.63) is 47.9 Å². The molecule has 2 N–H and O–H groups in total. The minimum atomic E-state index is -0.502. The van der Waals surface area contributed by atoms with Gasteiger partial charge in [-0.25, -0.2) is 19.7 Å². The molecule has 2 aliphatic rings. The van der Waals surface area contributed by atoms with Crippen molar-refractivity contribution in [1.29, 1.82) is 5.26 Å². The molecular weight excluding hydrogens is 456 g/mol. The number of pyridine rings is 2. The van der Waals surface area contributed by atoms with Crippen LogP contribution in [0.5, 0.6) is 0 Å². The maximum absolute atomic E-state index is 12.4. The molecule has 36 heavy (non-hydrogen) atoms.